The van der Waals surface area contributed by atoms with Gasteiger partial charge in [0.15, 0.2) is 11.5 Å². The van der Waals surface area contributed by atoms with E-state index in [9.17, 15) is 4.79 Å². The van der Waals surface area contributed by atoms with E-state index in [2.05, 4.69) is 5.32 Å². The van der Waals surface area contributed by atoms with Gasteiger partial charge in [-0.15, -0.1) is 0 Å². The van der Waals surface area contributed by atoms with Crippen LogP contribution in [0, 0.1) is 0 Å². The van der Waals surface area contributed by atoms with Crippen molar-refractivity contribution in [2.75, 3.05) is 26.4 Å². The average molecular weight is 295 g/mol. The smallest absolute Gasteiger partial charge is 0.304 e. The first-order valence-electron chi connectivity index (χ1n) is 7.13. The topological polar surface area (TPSA) is 88.0 Å². The van der Waals surface area contributed by atoms with E-state index < -0.39 is 5.97 Å². The minimum absolute atomic E-state index is 0.0415. The number of carboxylic acids is 1. The van der Waals surface area contributed by atoms with Gasteiger partial charge in [0.25, 0.3) is 0 Å². The van der Waals surface area contributed by atoms with Crippen molar-refractivity contribution in [2.45, 2.75) is 25.3 Å². The van der Waals surface area contributed by atoms with Gasteiger partial charge in [-0.05, 0) is 37.1 Å². The molecular weight excluding hydrogens is 274 g/mol. The van der Waals surface area contributed by atoms with Crippen molar-refractivity contribution in [3.63, 3.8) is 0 Å². The first-order chi connectivity index (χ1) is 10.2. The lowest BCUT2D eigenvalue weighted by molar-refractivity contribution is -0.137. The molecule has 0 bridgehead atoms. The molecule has 116 valence electrons. The molecule has 6 heteroatoms. The predicted octanol–water partition coefficient (Wildman–Crippen LogP) is 0.816. The molecule has 3 N–H and O–H groups in total. The molecular formula is C15H21NO5. The van der Waals surface area contributed by atoms with Crippen LogP contribution in [-0.4, -0.2) is 48.6 Å². The molecule has 21 heavy (non-hydrogen) atoms. The summed E-state index contributed by atoms with van der Waals surface area (Å²) >= 11 is 0. The maximum Gasteiger partial charge on any atom is 0.304 e. The van der Waals surface area contributed by atoms with Crippen molar-refractivity contribution in [3.05, 3.63) is 23.8 Å². The van der Waals surface area contributed by atoms with Gasteiger partial charge >= 0.3 is 5.97 Å². The number of hydrogen-bond acceptors (Lipinski definition) is 5. The van der Waals surface area contributed by atoms with Crippen LogP contribution in [0.2, 0.25) is 0 Å². The van der Waals surface area contributed by atoms with Crippen LogP contribution in [0.25, 0.3) is 0 Å². The van der Waals surface area contributed by atoms with Gasteiger partial charge in [0.05, 0.1) is 6.42 Å². The maximum atomic E-state index is 10.9. The van der Waals surface area contributed by atoms with E-state index >= 15 is 0 Å². The Morgan fingerprint density at radius 1 is 1.29 bits per heavy atom. The molecule has 0 saturated carbocycles. The van der Waals surface area contributed by atoms with Gasteiger partial charge in [0.1, 0.15) is 13.2 Å². The lowest BCUT2D eigenvalue weighted by Gasteiger charge is -2.21. The van der Waals surface area contributed by atoms with Gasteiger partial charge in [-0.25, -0.2) is 0 Å². The van der Waals surface area contributed by atoms with Gasteiger partial charge in [-0.3, -0.25) is 4.79 Å². The van der Waals surface area contributed by atoms with Crippen molar-refractivity contribution in [3.8, 4) is 11.5 Å². The highest BCUT2D eigenvalue weighted by Gasteiger charge is 2.16. The largest absolute Gasteiger partial charge is 0.486 e. The van der Waals surface area contributed by atoms with Crippen LogP contribution in [0.3, 0.4) is 0 Å². The van der Waals surface area contributed by atoms with Crippen molar-refractivity contribution < 1.29 is 24.5 Å². The fourth-order valence-corrected chi connectivity index (χ4v) is 2.31. The summed E-state index contributed by atoms with van der Waals surface area (Å²) in [5.41, 5.74) is 1.00. The van der Waals surface area contributed by atoms with Gasteiger partial charge in [0.2, 0.25) is 0 Å². The minimum atomic E-state index is -0.839. The van der Waals surface area contributed by atoms with Crippen LogP contribution in [0.4, 0.5) is 0 Å². The number of carboxylic acid groups (broad SMARTS) is 1. The maximum absolute atomic E-state index is 10.9. The molecule has 1 aliphatic rings. The first-order valence-corrected chi connectivity index (χ1v) is 7.13. The van der Waals surface area contributed by atoms with E-state index in [4.69, 9.17) is 19.7 Å². The molecule has 6 nitrogen and oxygen atoms in total. The van der Waals surface area contributed by atoms with E-state index in [0.717, 1.165) is 11.3 Å². The highest BCUT2D eigenvalue weighted by molar-refractivity contribution is 5.67. The van der Waals surface area contributed by atoms with E-state index in [1.54, 1.807) is 0 Å². The Balaban J connectivity index is 1.99. The third kappa shape index (κ3) is 4.91. The van der Waals surface area contributed by atoms with Gasteiger partial charge < -0.3 is 25.0 Å². The van der Waals surface area contributed by atoms with Crippen molar-refractivity contribution in [2.24, 2.45) is 0 Å². The number of aliphatic carboxylic acids is 1. The normalized spacial score (nSPS) is 14.7. The Kier molecular flexibility index (Phi) is 5.83. The molecule has 1 aliphatic heterocycles. The summed E-state index contributed by atoms with van der Waals surface area (Å²) in [6, 6.07) is 5.51. The fraction of sp³-hybridized carbons (Fsp3) is 0.533. The molecule has 1 unspecified atom stereocenters. The Bertz CT molecular complexity index is 477. The first kappa shape index (κ1) is 15.6. The number of fused-ring (bicyclic) bond motifs is 1. The Hall–Kier alpha value is -1.79. The lowest BCUT2D eigenvalue weighted by Crippen LogP contribution is -2.34. The average Bonchev–Trinajstić information content (AvgIpc) is 2.46. The summed E-state index contributed by atoms with van der Waals surface area (Å²) in [4.78, 5) is 10.9. The number of hydrogen-bond donors (Lipinski definition) is 3. The third-order valence-corrected chi connectivity index (χ3v) is 3.28. The lowest BCUT2D eigenvalue weighted by atomic mass is 10.0. The standard InChI is InChI=1S/C15H21NO5/c17-5-1-4-16-12(10-15(18)19)8-11-2-3-13-14(9-11)21-7-6-20-13/h2-3,9,12,16-17H,1,4-8,10H2,(H,18,19). The molecule has 0 aromatic heterocycles. The SMILES string of the molecule is O=C(O)CC(Cc1ccc2c(c1)OCCO2)NCCCO. The zero-order valence-corrected chi connectivity index (χ0v) is 11.9. The molecule has 0 aliphatic carbocycles. The monoisotopic (exact) mass is 295 g/mol. The molecule has 0 saturated heterocycles. The molecule has 1 aromatic rings. The number of rotatable bonds is 8. The van der Waals surface area contributed by atoms with E-state index in [1.807, 2.05) is 18.2 Å². The molecule has 2 rings (SSSR count). The molecule has 0 radical (unpaired) electrons. The summed E-state index contributed by atoms with van der Waals surface area (Å²) in [6.45, 7) is 1.77. The van der Waals surface area contributed by atoms with Crippen LogP contribution in [0.5, 0.6) is 11.5 Å². The number of nitrogens with one attached hydrogen (secondary N) is 1. The molecule has 0 amide bonds. The molecule has 0 spiro atoms. The Morgan fingerprint density at radius 3 is 2.76 bits per heavy atom. The molecule has 1 heterocycles. The number of ether oxygens (including phenoxy) is 2. The van der Waals surface area contributed by atoms with Crippen molar-refractivity contribution in [1.29, 1.82) is 0 Å². The number of aliphatic hydroxyl groups is 1. The number of benzene rings is 1. The van der Waals surface area contributed by atoms with Crippen LogP contribution >= 0.6 is 0 Å². The zero-order chi connectivity index (χ0) is 15.1. The van der Waals surface area contributed by atoms with Gasteiger partial charge in [-0.2, -0.15) is 0 Å². The highest BCUT2D eigenvalue weighted by atomic mass is 16.6. The molecule has 0 fully saturated rings. The number of aliphatic hydroxyl groups excluding tert-OH is 1. The third-order valence-electron chi connectivity index (χ3n) is 3.28. The van der Waals surface area contributed by atoms with Crippen LogP contribution < -0.4 is 14.8 Å². The summed E-state index contributed by atoms with van der Waals surface area (Å²) in [7, 11) is 0. The summed E-state index contributed by atoms with van der Waals surface area (Å²) in [6.07, 6.45) is 1.24. The van der Waals surface area contributed by atoms with Crippen molar-refractivity contribution >= 4 is 5.97 Å². The predicted molar refractivity (Wildman–Crippen MR) is 76.9 cm³/mol. The second kappa shape index (κ2) is 7.85. The Labute approximate surface area is 123 Å². The Morgan fingerprint density at radius 2 is 2.05 bits per heavy atom. The number of carbonyl (C=O) groups is 1. The van der Waals surface area contributed by atoms with Gasteiger partial charge in [0, 0.05) is 12.6 Å². The van der Waals surface area contributed by atoms with E-state index in [0.29, 0.717) is 38.3 Å². The summed E-state index contributed by atoms with van der Waals surface area (Å²) in [5, 5.41) is 20.9. The highest BCUT2D eigenvalue weighted by Crippen LogP contribution is 2.31. The minimum Gasteiger partial charge on any atom is -0.486 e. The second-order valence-corrected chi connectivity index (χ2v) is 5.01. The van der Waals surface area contributed by atoms with Gasteiger partial charge in [-0.1, -0.05) is 6.07 Å². The second-order valence-electron chi connectivity index (χ2n) is 5.01. The van der Waals surface area contributed by atoms with Crippen molar-refractivity contribution in [1.82, 2.24) is 5.32 Å². The quantitative estimate of drug-likeness (QED) is 0.615. The van der Waals surface area contributed by atoms with Crippen LogP contribution in [0.15, 0.2) is 18.2 Å². The van der Waals surface area contributed by atoms with Crippen LogP contribution in [-0.2, 0) is 11.2 Å². The van der Waals surface area contributed by atoms with E-state index in [-0.39, 0.29) is 19.1 Å². The summed E-state index contributed by atoms with van der Waals surface area (Å²) in [5.74, 6) is 0.602. The van der Waals surface area contributed by atoms with Crippen LogP contribution in [0.1, 0.15) is 18.4 Å². The molecule has 1 atom stereocenters. The molecule has 1 aromatic carbocycles. The van der Waals surface area contributed by atoms with E-state index in [1.165, 1.54) is 0 Å². The summed E-state index contributed by atoms with van der Waals surface area (Å²) < 4.78 is 11.0. The zero-order valence-electron chi connectivity index (χ0n) is 11.9. The fourth-order valence-electron chi connectivity index (χ4n) is 2.31.